The highest BCUT2D eigenvalue weighted by Crippen LogP contribution is 2.11. The summed E-state index contributed by atoms with van der Waals surface area (Å²) in [5.41, 5.74) is 3.20. The molecule has 2 N–H and O–H groups in total. The molecule has 17 heavy (non-hydrogen) atoms. The lowest BCUT2D eigenvalue weighted by Gasteiger charge is -2.05. The SMILES string of the molecule is N#Cc1ccc(/C(=N/N)c2ccccc2)cc1. The average molecular weight is 221 g/mol. The van der Waals surface area contributed by atoms with Crippen LogP contribution in [-0.2, 0) is 0 Å². The molecule has 0 radical (unpaired) electrons. The molecule has 0 unspecified atom stereocenters. The Morgan fingerprint density at radius 1 is 0.941 bits per heavy atom. The smallest absolute Gasteiger partial charge is 0.0991 e. The van der Waals surface area contributed by atoms with E-state index < -0.39 is 0 Å². The average Bonchev–Trinajstić information content (AvgIpc) is 2.42. The van der Waals surface area contributed by atoms with Gasteiger partial charge in [-0.25, -0.2) is 0 Å². The predicted octanol–water partition coefficient (Wildman–Crippen LogP) is 2.27. The number of nitriles is 1. The number of benzene rings is 2. The van der Waals surface area contributed by atoms with Crippen molar-refractivity contribution in [3.63, 3.8) is 0 Å². The van der Waals surface area contributed by atoms with Gasteiger partial charge in [0.25, 0.3) is 0 Å². The van der Waals surface area contributed by atoms with Crippen molar-refractivity contribution in [1.29, 1.82) is 5.26 Å². The van der Waals surface area contributed by atoms with Crippen LogP contribution < -0.4 is 5.84 Å². The quantitative estimate of drug-likeness (QED) is 0.480. The summed E-state index contributed by atoms with van der Waals surface area (Å²) in [7, 11) is 0. The minimum absolute atomic E-state index is 0.623. The van der Waals surface area contributed by atoms with Crippen molar-refractivity contribution in [1.82, 2.24) is 0 Å². The van der Waals surface area contributed by atoms with Crippen LogP contribution in [0.1, 0.15) is 16.7 Å². The molecular weight excluding hydrogens is 210 g/mol. The van der Waals surface area contributed by atoms with Crippen LogP contribution in [0.4, 0.5) is 0 Å². The van der Waals surface area contributed by atoms with Gasteiger partial charge in [-0.05, 0) is 12.1 Å². The molecule has 0 aliphatic carbocycles. The van der Waals surface area contributed by atoms with E-state index in [0.717, 1.165) is 16.8 Å². The van der Waals surface area contributed by atoms with Gasteiger partial charge in [0, 0.05) is 11.1 Å². The van der Waals surface area contributed by atoms with Gasteiger partial charge >= 0.3 is 0 Å². The summed E-state index contributed by atoms with van der Waals surface area (Å²) >= 11 is 0. The minimum Gasteiger partial charge on any atom is -0.323 e. The molecule has 3 nitrogen and oxygen atoms in total. The predicted molar refractivity (Wildman–Crippen MR) is 67.4 cm³/mol. The molecule has 2 rings (SSSR count). The van der Waals surface area contributed by atoms with Crippen molar-refractivity contribution in [2.24, 2.45) is 10.9 Å². The van der Waals surface area contributed by atoms with Crippen LogP contribution in [0, 0.1) is 11.3 Å². The maximum atomic E-state index is 8.74. The second kappa shape index (κ2) is 4.95. The maximum Gasteiger partial charge on any atom is 0.0991 e. The third kappa shape index (κ3) is 2.32. The first-order valence-corrected chi connectivity index (χ1v) is 5.19. The first-order valence-electron chi connectivity index (χ1n) is 5.19. The summed E-state index contributed by atoms with van der Waals surface area (Å²) in [6.07, 6.45) is 0. The lowest BCUT2D eigenvalue weighted by atomic mass is 10.0. The lowest BCUT2D eigenvalue weighted by molar-refractivity contribution is 1.24. The molecule has 82 valence electrons. The van der Waals surface area contributed by atoms with Crippen molar-refractivity contribution in [3.8, 4) is 6.07 Å². The van der Waals surface area contributed by atoms with Crippen molar-refractivity contribution in [2.75, 3.05) is 0 Å². The summed E-state index contributed by atoms with van der Waals surface area (Å²) in [4.78, 5) is 0. The fraction of sp³-hybridized carbons (Fsp3) is 0. The fourth-order valence-corrected chi connectivity index (χ4v) is 1.61. The van der Waals surface area contributed by atoms with Crippen LogP contribution in [0.3, 0.4) is 0 Å². The van der Waals surface area contributed by atoms with E-state index in [-0.39, 0.29) is 0 Å². The lowest BCUT2D eigenvalue weighted by Crippen LogP contribution is -2.06. The number of nitrogens with two attached hydrogens (primary N) is 1. The van der Waals surface area contributed by atoms with Crippen LogP contribution >= 0.6 is 0 Å². The molecular formula is C14H11N3. The highest BCUT2D eigenvalue weighted by molar-refractivity contribution is 6.12. The molecule has 2 aromatic rings. The molecule has 0 aromatic heterocycles. The molecule has 0 aliphatic rings. The Bertz CT molecular complexity index is 563. The van der Waals surface area contributed by atoms with Crippen LogP contribution in [0.5, 0.6) is 0 Å². The summed E-state index contributed by atoms with van der Waals surface area (Å²) in [5.74, 6) is 5.43. The number of hydrogen-bond acceptors (Lipinski definition) is 3. The zero-order chi connectivity index (χ0) is 12.1. The van der Waals surface area contributed by atoms with E-state index in [1.165, 1.54) is 0 Å². The van der Waals surface area contributed by atoms with Crippen LogP contribution in [0.2, 0.25) is 0 Å². The van der Waals surface area contributed by atoms with Crippen molar-refractivity contribution < 1.29 is 0 Å². The molecule has 0 amide bonds. The van der Waals surface area contributed by atoms with Gasteiger partial charge in [0.2, 0.25) is 0 Å². The number of rotatable bonds is 2. The topological polar surface area (TPSA) is 62.2 Å². The van der Waals surface area contributed by atoms with E-state index in [4.69, 9.17) is 11.1 Å². The van der Waals surface area contributed by atoms with Gasteiger partial charge in [0.05, 0.1) is 17.3 Å². The van der Waals surface area contributed by atoms with Gasteiger partial charge in [-0.1, -0.05) is 42.5 Å². The molecule has 2 aromatic carbocycles. The molecule has 3 heteroatoms. The highest BCUT2D eigenvalue weighted by Gasteiger charge is 2.05. The van der Waals surface area contributed by atoms with Gasteiger partial charge in [-0.15, -0.1) is 0 Å². The van der Waals surface area contributed by atoms with Crippen molar-refractivity contribution >= 4 is 5.71 Å². The van der Waals surface area contributed by atoms with E-state index in [0.29, 0.717) is 5.56 Å². The largest absolute Gasteiger partial charge is 0.323 e. The highest BCUT2D eigenvalue weighted by atomic mass is 15.1. The Kier molecular flexibility index (Phi) is 3.18. The fourth-order valence-electron chi connectivity index (χ4n) is 1.61. The summed E-state index contributed by atoms with van der Waals surface area (Å²) < 4.78 is 0. The third-order valence-corrected chi connectivity index (χ3v) is 2.46. The zero-order valence-electron chi connectivity index (χ0n) is 9.17. The number of hydrogen-bond donors (Lipinski definition) is 1. The Hall–Kier alpha value is -2.60. The summed E-state index contributed by atoms with van der Waals surface area (Å²) in [6, 6.07) is 19.0. The number of hydrazone groups is 1. The van der Waals surface area contributed by atoms with E-state index in [1.54, 1.807) is 12.1 Å². The normalized spacial score (nSPS) is 10.9. The standard InChI is InChI=1S/C14H11N3/c15-10-11-6-8-13(9-7-11)14(17-16)12-4-2-1-3-5-12/h1-9H,16H2/b17-14+. The van der Waals surface area contributed by atoms with E-state index >= 15 is 0 Å². The van der Waals surface area contributed by atoms with Gasteiger partial charge < -0.3 is 5.84 Å². The Morgan fingerprint density at radius 3 is 2.06 bits per heavy atom. The Balaban J connectivity index is 2.41. The molecule has 0 saturated heterocycles. The molecule has 0 heterocycles. The maximum absolute atomic E-state index is 8.74. The van der Waals surface area contributed by atoms with E-state index in [1.807, 2.05) is 42.5 Å². The third-order valence-electron chi connectivity index (χ3n) is 2.46. The minimum atomic E-state index is 0.623. The van der Waals surface area contributed by atoms with Crippen molar-refractivity contribution in [2.45, 2.75) is 0 Å². The van der Waals surface area contributed by atoms with Crippen LogP contribution in [0.25, 0.3) is 0 Å². The molecule has 0 fully saturated rings. The zero-order valence-corrected chi connectivity index (χ0v) is 9.17. The molecule has 0 aliphatic heterocycles. The first kappa shape index (κ1) is 10.9. The first-order chi connectivity index (χ1) is 8.35. The van der Waals surface area contributed by atoms with Crippen molar-refractivity contribution in [3.05, 3.63) is 71.3 Å². The van der Waals surface area contributed by atoms with Gasteiger partial charge in [0.15, 0.2) is 0 Å². The van der Waals surface area contributed by atoms with Gasteiger partial charge in [-0.3, -0.25) is 0 Å². The monoisotopic (exact) mass is 221 g/mol. The Morgan fingerprint density at radius 2 is 1.53 bits per heavy atom. The second-order valence-corrected chi connectivity index (χ2v) is 3.53. The van der Waals surface area contributed by atoms with E-state index in [9.17, 15) is 0 Å². The number of nitrogens with zero attached hydrogens (tertiary/aromatic N) is 2. The molecule has 0 atom stereocenters. The molecule has 0 spiro atoms. The molecule has 0 bridgehead atoms. The van der Waals surface area contributed by atoms with Gasteiger partial charge in [0.1, 0.15) is 0 Å². The van der Waals surface area contributed by atoms with Crippen LogP contribution in [0.15, 0.2) is 59.7 Å². The van der Waals surface area contributed by atoms with E-state index in [2.05, 4.69) is 11.2 Å². The Labute approximate surface area is 99.8 Å². The van der Waals surface area contributed by atoms with Crippen LogP contribution in [-0.4, -0.2) is 5.71 Å². The second-order valence-electron chi connectivity index (χ2n) is 3.53. The summed E-state index contributed by atoms with van der Waals surface area (Å²) in [5, 5.41) is 12.6. The summed E-state index contributed by atoms with van der Waals surface area (Å²) in [6.45, 7) is 0. The van der Waals surface area contributed by atoms with Gasteiger partial charge in [-0.2, -0.15) is 10.4 Å². The molecule has 0 saturated carbocycles.